The molecule has 1 aliphatic heterocycles. The Morgan fingerprint density at radius 3 is 1.77 bits per heavy atom. The van der Waals surface area contributed by atoms with Gasteiger partial charge in [-0.05, 0) is 35.6 Å². The number of para-hydroxylation sites is 1. The first-order chi connectivity index (χ1) is 12.8. The van der Waals surface area contributed by atoms with Crippen molar-refractivity contribution in [1.82, 2.24) is 0 Å². The van der Waals surface area contributed by atoms with Crippen LogP contribution in [0.2, 0.25) is 0 Å². The molecule has 0 bridgehead atoms. The van der Waals surface area contributed by atoms with Gasteiger partial charge in [0.05, 0.1) is 6.04 Å². The van der Waals surface area contributed by atoms with Crippen molar-refractivity contribution >= 4 is 5.69 Å². The van der Waals surface area contributed by atoms with Gasteiger partial charge in [-0.25, -0.2) is 0 Å². The van der Waals surface area contributed by atoms with Crippen molar-refractivity contribution in [2.24, 2.45) is 0 Å². The predicted molar refractivity (Wildman–Crippen MR) is 111 cm³/mol. The first kappa shape index (κ1) is 16.9. The fourth-order valence-corrected chi connectivity index (χ4v) is 4.58. The maximum atomic E-state index is 2.63. The molecule has 1 heteroatoms. The van der Waals surface area contributed by atoms with Crippen LogP contribution < -0.4 is 4.90 Å². The van der Waals surface area contributed by atoms with Gasteiger partial charge in [-0.2, -0.15) is 0 Å². The van der Waals surface area contributed by atoms with E-state index in [0.29, 0.717) is 0 Å². The van der Waals surface area contributed by atoms with Crippen molar-refractivity contribution in [3.8, 4) is 0 Å². The summed E-state index contributed by atoms with van der Waals surface area (Å²) in [5, 5.41) is 0. The molecule has 3 aromatic carbocycles. The maximum Gasteiger partial charge on any atom is 0.0796 e. The molecule has 26 heavy (non-hydrogen) atoms. The Labute approximate surface area is 157 Å². The molecule has 0 amide bonds. The molecule has 0 N–H and O–H groups in total. The standard InChI is InChI=1S/C25H27N/c1-3-25(4-2)19-26(23-18-12-11-17-22(23)25)24(20-13-7-5-8-14-20)21-15-9-6-10-16-21/h5-18,24H,3-4,19H2,1-2H3. The number of fused-ring (bicyclic) bond motifs is 1. The summed E-state index contributed by atoms with van der Waals surface area (Å²) in [6.07, 6.45) is 2.35. The number of hydrogen-bond acceptors (Lipinski definition) is 1. The minimum absolute atomic E-state index is 0.248. The molecule has 0 radical (unpaired) electrons. The van der Waals surface area contributed by atoms with Crippen LogP contribution in [-0.4, -0.2) is 6.54 Å². The molecule has 0 atom stereocenters. The molecule has 0 saturated carbocycles. The van der Waals surface area contributed by atoms with Crippen LogP contribution in [-0.2, 0) is 5.41 Å². The molecule has 132 valence electrons. The monoisotopic (exact) mass is 341 g/mol. The van der Waals surface area contributed by atoms with Gasteiger partial charge in [-0.1, -0.05) is 92.7 Å². The van der Waals surface area contributed by atoms with Crippen molar-refractivity contribution < 1.29 is 0 Å². The molecule has 0 unspecified atom stereocenters. The number of benzene rings is 3. The van der Waals surface area contributed by atoms with Crippen molar-refractivity contribution in [3.05, 3.63) is 102 Å². The van der Waals surface area contributed by atoms with Crippen molar-refractivity contribution in [3.63, 3.8) is 0 Å². The van der Waals surface area contributed by atoms with Crippen LogP contribution in [0.15, 0.2) is 84.9 Å². The average molecular weight is 341 g/mol. The third-order valence-corrected chi connectivity index (χ3v) is 6.15. The molecule has 0 aromatic heterocycles. The molecule has 0 fully saturated rings. The van der Waals surface area contributed by atoms with Crippen LogP contribution >= 0.6 is 0 Å². The Hall–Kier alpha value is -2.54. The van der Waals surface area contributed by atoms with E-state index in [1.165, 1.54) is 35.2 Å². The Kier molecular flexibility index (Phi) is 4.55. The van der Waals surface area contributed by atoms with E-state index in [-0.39, 0.29) is 11.5 Å². The average Bonchev–Trinajstić information content (AvgIpc) is 3.05. The first-order valence-electron chi connectivity index (χ1n) is 9.75. The molecule has 1 nitrogen and oxygen atoms in total. The Bertz CT molecular complexity index is 810. The van der Waals surface area contributed by atoms with Gasteiger partial charge < -0.3 is 4.90 Å². The summed E-state index contributed by atoms with van der Waals surface area (Å²) in [4.78, 5) is 2.63. The predicted octanol–water partition coefficient (Wildman–Crippen LogP) is 6.35. The van der Waals surface area contributed by atoms with E-state index in [1.807, 2.05) is 0 Å². The highest BCUT2D eigenvalue weighted by atomic mass is 15.2. The lowest BCUT2D eigenvalue weighted by Crippen LogP contribution is -2.35. The highest BCUT2D eigenvalue weighted by Gasteiger charge is 2.42. The highest BCUT2D eigenvalue weighted by molar-refractivity contribution is 5.65. The molecule has 1 heterocycles. The lowest BCUT2D eigenvalue weighted by atomic mass is 9.77. The topological polar surface area (TPSA) is 3.24 Å². The van der Waals surface area contributed by atoms with Crippen LogP contribution in [0, 0.1) is 0 Å². The van der Waals surface area contributed by atoms with Gasteiger partial charge in [0.25, 0.3) is 0 Å². The fourth-order valence-electron chi connectivity index (χ4n) is 4.58. The summed E-state index contributed by atoms with van der Waals surface area (Å²) >= 11 is 0. The van der Waals surface area contributed by atoms with Gasteiger partial charge in [0.1, 0.15) is 0 Å². The van der Waals surface area contributed by atoms with Crippen molar-refractivity contribution in [1.29, 1.82) is 0 Å². The first-order valence-corrected chi connectivity index (χ1v) is 9.75. The van der Waals surface area contributed by atoms with E-state index in [4.69, 9.17) is 0 Å². The van der Waals surface area contributed by atoms with E-state index in [2.05, 4.69) is 104 Å². The van der Waals surface area contributed by atoms with Crippen LogP contribution in [0.3, 0.4) is 0 Å². The summed E-state index contributed by atoms with van der Waals surface area (Å²) < 4.78 is 0. The van der Waals surface area contributed by atoms with Crippen molar-refractivity contribution in [2.45, 2.75) is 38.1 Å². The zero-order valence-corrected chi connectivity index (χ0v) is 15.7. The number of anilines is 1. The van der Waals surface area contributed by atoms with Crippen LogP contribution in [0.4, 0.5) is 5.69 Å². The zero-order chi connectivity index (χ0) is 18.0. The third-order valence-electron chi connectivity index (χ3n) is 6.15. The van der Waals surface area contributed by atoms with E-state index in [1.54, 1.807) is 0 Å². The quantitative estimate of drug-likeness (QED) is 0.522. The second-order valence-corrected chi connectivity index (χ2v) is 7.36. The minimum atomic E-state index is 0.248. The Balaban J connectivity index is 1.88. The summed E-state index contributed by atoms with van der Waals surface area (Å²) in [6.45, 7) is 5.75. The maximum absolute atomic E-state index is 2.63. The zero-order valence-electron chi connectivity index (χ0n) is 15.7. The van der Waals surface area contributed by atoms with E-state index in [9.17, 15) is 0 Å². The lowest BCUT2D eigenvalue weighted by molar-refractivity contribution is 0.413. The minimum Gasteiger partial charge on any atom is -0.359 e. The Morgan fingerprint density at radius 2 is 1.23 bits per heavy atom. The van der Waals surface area contributed by atoms with Crippen LogP contribution in [0.5, 0.6) is 0 Å². The second-order valence-electron chi connectivity index (χ2n) is 7.36. The summed E-state index contributed by atoms with van der Waals surface area (Å²) in [5.74, 6) is 0. The van der Waals surface area contributed by atoms with Gasteiger partial charge in [-0.15, -0.1) is 0 Å². The van der Waals surface area contributed by atoms with Crippen LogP contribution in [0.1, 0.15) is 49.4 Å². The summed E-state index contributed by atoms with van der Waals surface area (Å²) in [7, 11) is 0. The smallest absolute Gasteiger partial charge is 0.0796 e. The molecular formula is C25H27N. The normalized spacial score (nSPS) is 15.3. The van der Waals surface area contributed by atoms with E-state index >= 15 is 0 Å². The SMILES string of the molecule is CCC1(CC)CN(C(c2ccccc2)c2ccccc2)c2ccccc21. The lowest BCUT2D eigenvalue weighted by Gasteiger charge is -2.34. The molecule has 1 aliphatic rings. The number of nitrogens with zero attached hydrogens (tertiary/aromatic N) is 1. The van der Waals surface area contributed by atoms with Gasteiger partial charge >= 0.3 is 0 Å². The molecule has 3 aromatic rings. The largest absolute Gasteiger partial charge is 0.359 e. The van der Waals surface area contributed by atoms with E-state index < -0.39 is 0 Å². The Morgan fingerprint density at radius 1 is 0.731 bits per heavy atom. The molecule has 0 saturated heterocycles. The number of hydrogen-bond donors (Lipinski definition) is 0. The third kappa shape index (κ3) is 2.72. The van der Waals surface area contributed by atoms with Gasteiger partial charge in [0.2, 0.25) is 0 Å². The van der Waals surface area contributed by atoms with Crippen molar-refractivity contribution in [2.75, 3.05) is 11.4 Å². The highest BCUT2D eigenvalue weighted by Crippen LogP contribution is 2.49. The molecule has 0 spiro atoms. The molecule has 4 rings (SSSR count). The number of rotatable bonds is 5. The second kappa shape index (κ2) is 6.99. The van der Waals surface area contributed by atoms with E-state index in [0.717, 1.165) is 6.54 Å². The van der Waals surface area contributed by atoms with Gasteiger partial charge in [0.15, 0.2) is 0 Å². The summed E-state index contributed by atoms with van der Waals surface area (Å²) in [5.41, 5.74) is 5.88. The molecular weight excluding hydrogens is 314 g/mol. The van der Waals surface area contributed by atoms with Crippen LogP contribution in [0.25, 0.3) is 0 Å². The van der Waals surface area contributed by atoms with Gasteiger partial charge in [-0.3, -0.25) is 0 Å². The van der Waals surface area contributed by atoms with Gasteiger partial charge in [0, 0.05) is 17.6 Å². The fraction of sp³-hybridized carbons (Fsp3) is 0.280. The summed E-state index contributed by atoms with van der Waals surface area (Å²) in [6, 6.07) is 31.1. The molecule has 0 aliphatic carbocycles.